The minimum Gasteiger partial charge on any atom is -0.384 e. The van der Waals surface area contributed by atoms with E-state index in [0.717, 1.165) is 16.7 Å². The highest BCUT2D eigenvalue weighted by Crippen LogP contribution is 2.22. The van der Waals surface area contributed by atoms with Gasteiger partial charge in [0.15, 0.2) is 0 Å². The maximum Gasteiger partial charge on any atom is 0.104 e. The van der Waals surface area contributed by atoms with Gasteiger partial charge >= 0.3 is 0 Å². The molecule has 0 saturated carbocycles. The first-order chi connectivity index (χ1) is 8.92. The monoisotopic (exact) mass is 234 g/mol. The summed E-state index contributed by atoms with van der Waals surface area (Å²) in [6.07, 6.45) is 1.85. The molecule has 0 aliphatic rings. The van der Waals surface area contributed by atoms with Crippen LogP contribution in [0.2, 0.25) is 0 Å². The van der Waals surface area contributed by atoms with E-state index in [1.807, 2.05) is 42.5 Å². The lowest BCUT2D eigenvalue weighted by Crippen LogP contribution is -1.87. The van der Waals surface area contributed by atoms with E-state index in [9.17, 15) is 0 Å². The van der Waals surface area contributed by atoms with Crippen LogP contribution in [0.15, 0.2) is 66.7 Å². The van der Waals surface area contributed by atoms with Crippen LogP contribution in [0, 0.1) is 11.8 Å². The number of aliphatic hydroxyl groups is 1. The normalized spacial score (nSPS) is 9.17. The summed E-state index contributed by atoms with van der Waals surface area (Å²) in [7, 11) is 0. The van der Waals surface area contributed by atoms with Crippen molar-refractivity contribution >= 4 is 5.57 Å². The molecule has 0 bridgehead atoms. The third-order valence-electron chi connectivity index (χ3n) is 2.57. The lowest BCUT2D eigenvalue weighted by molar-refractivity contribution is 0.350. The van der Waals surface area contributed by atoms with Crippen LogP contribution in [0.25, 0.3) is 5.57 Å². The van der Waals surface area contributed by atoms with Gasteiger partial charge in [0.1, 0.15) is 6.61 Å². The second-order valence-electron chi connectivity index (χ2n) is 3.77. The second-order valence-corrected chi connectivity index (χ2v) is 3.77. The fourth-order valence-electron chi connectivity index (χ4n) is 1.74. The van der Waals surface area contributed by atoms with Crippen molar-refractivity contribution in [3.63, 3.8) is 0 Å². The van der Waals surface area contributed by atoms with Crippen LogP contribution in [0.4, 0.5) is 0 Å². The van der Waals surface area contributed by atoms with Crippen LogP contribution in [0.3, 0.4) is 0 Å². The van der Waals surface area contributed by atoms with Crippen LogP contribution >= 0.6 is 0 Å². The zero-order valence-corrected chi connectivity index (χ0v) is 10.0. The summed E-state index contributed by atoms with van der Waals surface area (Å²) in [6, 6.07) is 20.2. The van der Waals surface area contributed by atoms with E-state index in [2.05, 4.69) is 36.1 Å². The lowest BCUT2D eigenvalue weighted by Gasteiger charge is -2.06. The minimum atomic E-state index is -0.118. The highest BCUT2D eigenvalue weighted by atomic mass is 16.2. The molecular weight excluding hydrogens is 220 g/mol. The first kappa shape index (κ1) is 12.2. The van der Waals surface area contributed by atoms with Gasteiger partial charge in [-0.05, 0) is 22.8 Å². The maximum absolute atomic E-state index is 8.72. The molecule has 1 nitrogen and oxygen atoms in total. The Morgan fingerprint density at radius 3 is 1.83 bits per heavy atom. The summed E-state index contributed by atoms with van der Waals surface area (Å²) in [4.78, 5) is 0. The van der Waals surface area contributed by atoms with Gasteiger partial charge in [-0.3, -0.25) is 0 Å². The van der Waals surface area contributed by atoms with Crippen LogP contribution in [0.5, 0.6) is 0 Å². The lowest BCUT2D eigenvalue weighted by atomic mass is 9.98. The summed E-state index contributed by atoms with van der Waals surface area (Å²) in [5.41, 5.74) is 3.31. The Morgan fingerprint density at radius 2 is 1.39 bits per heavy atom. The summed E-state index contributed by atoms with van der Waals surface area (Å²) in [6.45, 7) is -0.118. The number of hydrogen-bond acceptors (Lipinski definition) is 1. The van der Waals surface area contributed by atoms with Crippen molar-refractivity contribution in [1.29, 1.82) is 0 Å². The van der Waals surface area contributed by atoms with Gasteiger partial charge in [0.25, 0.3) is 0 Å². The van der Waals surface area contributed by atoms with Crippen molar-refractivity contribution in [3.05, 3.63) is 77.9 Å². The van der Waals surface area contributed by atoms with Gasteiger partial charge in [0, 0.05) is 0 Å². The van der Waals surface area contributed by atoms with E-state index in [4.69, 9.17) is 5.11 Å². The molecule has 0 aliphatic heterocycles. The van der Waals surface area contributed by atoms with Crippen molar-refractivity contribution in [2.45, 2.75) is 0 Å². The SMILES string of the molecule is OCC#CC=C(c1ccccc1)c1ccccc1. The first-order valence-electron chi connectivity index (χ1n) is 5.82. The Morgan fingerprint density at radius 1 is 0.889 bits per heavy atom. The molecule has 1 heteroatoms. The summed E-state index contributed by atoms with van der Waals surface area (Å²) >= 11 is 0. The number of hydrogen-bond donors (Lipinski definition) is 1. The second kappa shape index (κ2) is 6.44. The van der Waals surface area contributed by atoms with Gasteiger partial charge in [0.2, 0.25) is 0 Å². The molecular formula is C17H14O. The fraction of sp³-hybridized carbons (Fsp3) is 0.0588. The van der Waals surface area contributed by atoms with E-state index in [1.54, 1.807) is 0 Å². The third-order valence-corrected chi connectivity index (χ3v) is 2.57. The van der Waals surface area contributed by atoms with E-state index in [-0.39, 0.29) is 6.61 Å². The Balaban J connectivity index is 2.45. The van der Waals surface area contributed by atoms with Gasteiger partial charge in [0.05, 0.1) is 0 Å². The van der Waals surface area contributed by atoms with Gasteiger partial charge in [-0.25, -0.2) is 0 Å². The van der Waals surface area contributed by atoms with Gasteiger partial charge < -0.3 is 5.11 Å². The molecule has 2 aromatic rings. The first-order valence-corrected chi connectivity index (χ1v) is 5.82. The Labute approximate surface area is 107 Å². The van der Waals surface area contributed by atoms with Crippen LogP contribution < -0.4 is 0 Å². The molecule has 0 heterocycles. The Hall–Kier alpha value is -2.30. The molecule has 1 N–H and O–H groups in total. The third kappa shape index (κ3) is 3.10. The molecule has 2 aromatic carbocycles. The van der Waals surface area contributed by atoms with Gasteiger partial charge in [-0.15, -0.1) is 0 Å². The predicted octanol–water partition coefficient (Wildman–Crippen LogP) is 3.11. The van der Waals surface area contributed by atoms with Crippen molar-refractivity contribution in [1.82, 2.24) is 0 Å². The van der Waals surface area contributed by atoms with E-state index in [1.165, 1.54) is 0 Å². The van der Waals surface area contributed by atoms with E-state index < -0.39 is 0 Å². The molecule has 88 valence electrons. The highest BCUT2D eigenvalue weighted by molar-refractivity contribution is 5.81. The van der Waals surface area contributed by atoms with Gasteiger partial charge in [-0.1, -0.05) is 72.5 Å². The Kier molecular flexibility index (Phi) is 4.35. The van der Waals surface area contributed by atoms with Crippen LogP contribution in [-0.2, 0) is 0 Å². The van der Waals surface area contributed by atoms with Crippen LogP contribution in [0.1, 0.15) is 11.1 Å². The van der Waals surface area contributed by atoms with Crippen molar-refractivity contribution < 1.29 is 5.11 Å². The molecule has 0 unspecified atom stereocenters. The minimum absolute atomic E-state index is 0.118. The molecule has 2 rings (SSSR count). The maximum atomic E-state index is 8.72. The number of benzene rings is 2. The average molecular weight is 234 g/mol. The summed E-state index contributed by atoms with van der Waals surface area (Å²) in [5, 5.41) is 8.72. The quantitative estimate of drug-likeness (QED) is 0.792. The van der Waals surface area contributed by atoms with Crippen molar-refractivity contribution in [2.75, 3.05) is 6.61 Å². The molecule has 0 aromatic heterocycles. The molecule has 18 heavy (non-hydrogen) atoms. The molecule has 0 spiro atoms. The molecule has 0 fully saturated rings. The van der Waals surface area contributed by atoms with Gasteiger partial charge in [-0.2, -0.15) is 0 Å². The van der Waals surface area contributed by atoms with E-state index >= 15 is 0 Å². The largest absolute Gasteiger partial charge is 0.384 e. The smallest absolute Gasteiger partial charge is 0.104 e. The predicted molar refractivity (Wildman–Crippen MR) is 74.8 cm³/mol. The molecule has 0 saturated heterocycles. The zero-order valence-electron chi connectivity index (χ0n) is 10.0. The van der Waals surface area contributed by atoms with Crippen molar-refractivity contribution in [2.24, 2.45) is 0 Å². The zero-order chi connectivity index (χ0) is 12.6. The standard InChI is InChI=1S/C17H14O/c18-14-8-7-13-17(15-9-3-1-4-10-15)16-11-5-2-6-12-16/h1-6,9-13,18H,14H2. The summed E-state index contributed by atoms with van der Waals surface area (Å²) < 4.78 is 0. The number of rotatable bonds is 2. The van der Waals surface area contributed by atoms with E-state index in [0.29, 0.717) is 0 Å². The number of allylic oxidation sites excluding steroid dienone is 1. The number of aliphatic hydroxyl groups excluding tert-OH is 1. The van der Waals surface area contributed by atoms with Crippen LogP contribution in [-0.4, -0.2) is 11.7 Å². The Bertz CT molecular complexity index is 530. The summed E-state index contributed by atoms with van der Waals surface area (Å²) in [5.74, 6) is 5.52. The highest BCUT2D eigenvalue weighted by Gasteiger charge is 2.02. The molecule has 0 aliphatic carbocycles. The average Bonchev–Trinajstić information content (AvgIpc) is 2.46. The van der Waals surface area contributed by atoms with Crippen molar-refractivity contribution in [3.8, 4) is 11.8 Å². The molecule has 0 atom stereocenters. The molecule has 0 amide bonds. The fourth-order valence-corrected chi connectivity index (χ4v) is 1.74. The molecule has 0 radical (unpaired) electrons. The topological polar surface area (TPSA) is 20.2 Å².